The molecule has 0 aliphatic carbocycles. The second-order valence-corrected chi connectivity index (χ2v) is 9.20. The summed E-state index contributed by atoms with van der Waals surface area (Å²) in [5.41, 5.74) is 3.05. The van der Waals surface area contributed by atoms with Crippen molar-refractivity contribution in [2.75, 3.05) is 10.7 Å². The molecule has 0 spiro atoms. The Bertz CT molecular complexity index is 1190. The Morgan fingerprint density at radius 2 is 1.48 bits per heavy atom. The third-order valence-corrected chi connectivity index (χ3v) is 7.27. The fourth-order valence-electron chi connectivity index (χ4n) is 3.57. The largest absolute Gasteiger partial charge is 0.309 e. The molecule has 0 saturated carbocycles. The highest BCUT2D eigenvalue weighted by atomic mass is 32.2. The van der Waals surface area contributed by atoms with E-state index in [9.17, 15) is 4.79 Å². The van der Waals surface area contributed by atoms with E-state index < -0.39 is 0 Å². The zero-order valence-electron chi connectivity index (χ0n) is 16.9. The van der Waals surface area contributed by atoms with E-state index in [1.54, 1.807) is 11.8 Å². The van der Waals surface area contributed by atoms with Gasteiger partial charge in [0.25, 0.3) is 0 Å². The Kier molecular flexibility index (Phi) is 5.53. The fraction of sp³-hybridized carbons (Fsp3) is 0.125. The molecule has 31 heavy (non-hydrogen) atoms. The third kappa shape index (κ3) is 3.98. The number of aromatic nitrogens is 3. The van der Waals surface area contributed by atoms with E-state index in [4.69, 9.17) is 0 Å². The van der Waals surface area contributed by atoms with Crippen LogP contribution in [0.25, 0.3) is 0 Å². The molecule has 7 heteroatoms. The summed E-state index contributed by atoms with van der Waals surface area (Å²) < 4.78 is 1.97. The Hall–Kier alpha value is -3.03. The van der Waals surface area contributed by atoms with Crippen molar-refractivity contribution < 1.29 is 4.79 Å². The smallest absolute Gasteiger partial charge is 0.242 e. The lowest BCUT2D eigenvalue weighted by Gasteiger charge is -2.30. The molecule has 0 N–H and O–H groups in total. The number of thioether (sulfide) groups is 1. The number of carbonyl (C=O) groups excluding carboxylic acids is 1. The van der Waals surface area contributed by atoms with Crippen LogP contribution in [0.2, 0.25) is 0 Å². The van der Waals surface area contributed by atoms with Crippen molar-refractivity contribution in [3.05, 3.63) is 90.3 Å². The third-order valence-electron chi connectivity index (χ3n) is 5.14. The van der Waals surface area contributed by atoms with Crippen molar-refractivity contribution in [1.82, 2.24) is 14.8 Å². The Morgan fingerprint density at radius 1 is 0.871 bits per heavy atom. The van der Waals surface area contributed by atoms with Gasteiger partial charge in [0.2, 0.25) is 5.91 Å². The van der Waals surface area contributed by atoms with Gasteiger partial charge in [-0.15, -0.1) is 10.2 Å². The van der Waals surface area contributed by atoms with E-state index in [1.165, 1.54) is 17.3 Å². The summed E-state index contributed by atoms with van der Waals surface area (Å²) in [4.78, 5) is 17.3. The predicted octanol–water partition coefficient (Wildman–Crippen LogP) is 5.33. The predicted molar refractivity (Wildman–Crippen MR) is 125 cm³/mol. The zero-order valence-corrected chi connectivity index (χ0v) is 18.6. The summed E-state index contributed by atoms with van der Waals surface area (Å²) in [6.45, 7) is 0. The highest BCUT2D eigenvalue weighted by Crippen LogP contribution is 2.48. The van der Waals surface area contributed by atoms with E-state index >= 15 is 0 Å². The number of anilines is 2. The lowest BCUT2D eigenvalue weighted by atomic mass is 10.1. The topological polar surface area (TPSA) is 51.0 Å². The van der Waals surface area contributed by atoms with Gasteiger partial charge in [-0.05, 0) is 29.8 Å². The first-order valence-electron chi connectivity index (χ1n) is 9.94. The first-order valence-corrected chi connectivity index (χ1v) is 11.7. The van der Waals surface area contributed by atoms with Gasteiger partial charge in [-0.3, -0.25) is 9.69 Å². The molecule has 0 unspecified atom stereocenters. The molecule has 3 aromatic carbocycles. The van der Waals surface area contributed by atoms with Crippen LogP contribution in [0.1, 0.15) is 11.4 Å². The molecule has 1 aliphatic heterocycles. The number of hydrogen-bond acceptors (Lipinski definition) is 5. The number of amides is 1. The molecule has 4 aromatic rings. The average Bonchev–Trinajstić information content (AvgIpc) is 3.15. The summed E-state index contributed by atoms with van der Waals surface area (Å²) in [7, 11) is 1.95. The molecule has 0 saturated heterocycles. The minimum Gasteiger partial charge on any atom is -0.309 e. The molecular weight excluding hydrogens is 424 g/mol. The van der Waals surface area contributed by atoms with Crippen LogP contribution in [-0.2, 0) is 18.3 Å². The molecular formula is C24H20N4OS2. The molecule has 1 aromatic heterocycles. The molecule has 1 amide bonds. The number of benzene rings is 3. The van der Waals surface area contributed by atoms with E-state index in [0.29, 0.717) is 6.42 Å². The molecule has 154 valence electrons. The van der Waals surface area contributed by atoms with Gasteiger partial charge in [0, 0.05) is 23.3 Å². The first-order chi connectivity index (χ1) is 15.2. The minimum absolute atomic E-state index is 0.0257. The zero-order chi connectivity index (χ0) is 21.2. The van der Waals surface area contributed by atoms with Gasteiger partial charge in [-0.25, -0.2) is 0 Å². The van der Waals surface area contributed by atoms with Crippen molar-refractivity contribution in [2.45, 2.75) is 21.4 Å². The summed E-state index contributed by atoms with van der Waals surface area (Å²) in [5, 5.41) is 9.40. The summed E-state index contributed by atoms with van der Waals surface area (Å²) in [5.74, 6) is 1.19. The average molecular weight is 445 g/mol. The van der Waals surface area contributed by atoms with Gasteiger partial charge >= 0.3 is 0 Å². The maximum Gasteiger partial charge on any atom is 0.242 e. The van der Waals surface area contributed by atoms with Crippen LogP contribution in [0.4, 0.5) is 11.4 Å². The van der Waals surface area contributed by atoms with Crippen molar-refractivity contribution >= 4 is 40.8 Å². The highest BCUT2D eigenvalue weighted by Gasteiger charge is 2.28. The van der Waals surface area contributed by atoms with E-state index in [-0.39, 0.29) is 11.7 Å². The fourth-order valence-corrected chi connectivity index (χ4v) is 5.40. The number of para-hydroxylation sites is 2. The Balaban J connectivity index is 1.35. The van der Waals surface area contributed by atoms with E-state index in [0.717, 1.165) is 32.1 Å². The number of rotatable bonds is 5. The molecule has 0 radical (unpaired) electrons. The maximum atomic E-state index is 13.3. The molecule has 0 bridgehead atoms. The van der Waals surface area contributed by atoms with Crippen LogP contribution in [-0.4, -0.2) is 26.4 Å². The number of carbonyl (C=O) groups is 1. The van der Waals surface area contributed by atoms with Gasteiger partial charge in [0.05, 0.1) is 17.1 Å². The summed E-state index contributed by atoms with van der Waals surface area (Å²) in [6.07, 6.45) is 0.711. The van der Waals surface area contributed by atoms with Gasteiger partial charge in [0.15, 0.2) is 5.16 Å². The molecule has 5 nitrogen and oxygen atoms in total. The van der Waals surface area contributed by atoms with Gasteiger partial charge in [-0.2, -0.15) is 0 Å². The van der Waals surface area contributed by atoms with E-state index in [1.807, 2.05) is 71.1 Å². The van der Waals surface area contributed by atoms with Crippen LogP contribution in [0.3, 0.4) is 0 Å². The van der Waals surface area contributed by atoms with Crippen LogP contribution in [0.5, 0.6) is 0 Å². The van der Waals surface area contributed by atoms with Crippen molar-refractivity contribution in [3.8, 4) is 0 Å². The van der Waals surface area contributed by atoms with Gasteiger partial charge < -0.3 is 4.57 Å². The number of hydrogen-bond donors (Lipinski definition) is 0. The van der Waals surface area contributed by atoms with Crippen molar-refractivity contribution in [3.63, 3.8) is 0 Å². The second-order valence-electron chi connectivity index (χ2n) is 7.18. The number of fused-ring (bicyclic) bond motifs is 2. The molecule has 0 fully saturated rings. The highest BCUT2D eigenvalue weighted by molar-refractivity contribution is 8.00. The molecule has 2 heterocycles. The lowest BCUT2D eigenvalue weighted by Crippen LogP contribution is -2.30. The quantitative estimate of drug-likeness (QED) is 0.390. The summed E-state index contributed by atoms with van der Waals surface area (Å²) in [6, 6.07) is 26.3. The lowest BCUT2D eigenvalue weighted by molar-refractivity contribution is -0.115. The Morgan fingerprint density at radius 3 is 2.16 bits per heavy atom. The molecule has 1 aliphatic rings. The Labute approximate surface area is 189 Å². The van der Waals surface area contributed by atoms with Gasteiger partial charge in [0.1, 0.15) is 5.82 Å². The van der Waals surface area contributed by atoms with Crippen molar-refractivity contribution in [1.29, 1.82) is 0 Å². The standard InChI is InChI=1S/C24H20N4OS2/c1-27-22(15-17-9-3-2-4-10-17)25-26-24(27)30-16-23(29)28-18-11-5-7-13-20(18)31-21-14-8-6-12-19(21)28/h2-14H,15-16H2,1H3. The monoisotopic (exact) mass is 444 g/mol. The SMILES string of the molecule is Cn1c(Cc2ccccc2)nnc1SCC(=O)N1c2ccccc2Sc2ccccc21. The molecule has 0 atom stereocenters. The van der Waals surface area contributed by atoms with Crippen LogP contribution >= 0.6 is 23.5 Å². The van der Waals surface area contributed by atoms with Crippen LogP contribution < -0.4 is 4.90 Å². The minimum atomic E-state index is 0.0257. The van der Waals surface area contributed by atoms with Crippen LogP contribution in [0.15, 0.2) is 93.8 Å². The maximum absolute atomic E-state index is 13.3. The van der Waals surface area contributed by atoms with Gasteiger partial charge in [-0.1, -0.05) is 78.1 Å². The second kappa shape index (κ2) is 8.61. The molecule has 5 rings (SSSR count). The first kappa shape index (κ1) is 19.9. The van der Waals surface area contributed by atoms with Crippen LogP contribution in [0, 0.1) is 0 Å². The number of nitrogens with zero attached hydrogens (tertiary/aromatic N) is 4. The normalized spacial score (nSPS) is 12.4. The van der Waals surface area contributed by atoms with E-state index in [2.05, 4.69) is 34.5 Å². The summed E-state index contributed by atoms with van der Waals surface area (Å²) >= 11 is 3.12. The van der Waals surface area contributed by atoms with Crippen molar-refractivity contribution in [2.24, 2.45) is 7.05 Å².